The molecule has 0 fully saturated rings. The number of imidazole rings is 1. The van der Waals surface area contributed by atoms with Gasteiger partial charge in [-0.25, -0.2) is 4.98 Å². The largest absolute Gasteiger partial charge is 0.507 e. The number of phenolic OH excluding ortho intramolecular Hbond substituents is 1. The van der Waals surface area contributed by atoms with E-state index in [-0.39, 0.29) is 5.75 Å². The summed E-state index contributed by atoms with van der Waals surface area (Å²) in [5.41, 5.74) is 2.62. The maximum Gasteiger partial charge on any atom is 0.144 e. The Morgan fingerprint density at radius 2 is 2.05 bits per heavy atom. The molecule has 0 unspecified atom stereocenters. The first-order valence-electron chi connectivity index (χ1n) is 6.25. The van der Waals surface area contributed by atoms with Gasteiger partial charge in [0.25, 0.3) is 0 Å². The number of phenols is 1. The molecule has 5 heteroatoms. The summed E-state index contributed by atoms with van der Waals surface area (Å²) in [6.45, 7) is 2.83. The number of fused-ring (bicyclic) bond motifs is 1. The Morgan fingerprint density at radius 3 is 2.75 bits per heavy atom. The van der Waals surface area contributed by atoms with Crippen LogP contribution in [-0.4, -0.2) is 14.7 Å². The monoisotopic (exact) mass is 350 g/mol. The van der Waals surface area contributed by atoms with Gasteiger partial charge < -0.3 is 9.67 Å². The number of aromatic nitrogens is 2. The van der Waals surface area contributed by atoms with Crippen LogP contribution in [0.5, 0.6) is 5.75 Å². The molecule has 20 heavy (non-hydrogen) atoms. The van der Waals surface area contributed by atoms with Gasteiger partial charge in [-0.3, -0.25) is 0 Å². The lowest BCUT2D eigenvalue weighted by atomic mass is 10.2. The van der Waals surface area contributed by atoms with Crippen LogP contribution in [0, 0.1) is 0 Å². The van der Waals surface area contributed by atoms with Crippen molar-refractivity contribution < 1.29 is 5.11 Å². The SMILES string of the molecule is CCn1c(-c2ccc(Cl)cc2O)nc2cc(Br)ccc21. The molecule has 0 aliphatic rings. The second-order valence-corrected chi connectivity index (χ2v) is 5.83. The minimum atomic E-state index is 0.140. The lowest BCUT2D eigenvalue weighted by Gasteiger charge is -2.08. The van der Waals surface area contributed by atoms with Gasteiger partial charge in [-0.05, 0) is 43.3 Å². The van der Waals surface area contributed by atoms with E-state index in [9.17, 15) is 5.11 Å². The van der Waals surface area contributed by atoms with Crippen LogP contribution in [0.15, 0.2) is 40.9 Å². The van der Waals surface area contributed by atoms with Gasteiger partial charge in [-0.15, -0.1) is 0 Å². The predicted octanol–water partition coefficient (Wildman–Crippen LogP) is 4.84. The Kier molecular flexibility index (Phi) is 3.44. The van der Waals surface area contributed by atoms with E-state index in [0.717, 1.165) is 27.9 Å². The summed E-state index contributed by atoms with van der Waals surface area (Å²) in [5.74, 6) is 0.885. The number of rotatable bonds is 2. The first-order chi connectivity index (χ1) is 9.60. The van der Waals surface area contributed by atoms with E-state index in [4.69, 9.17) is 11.6 Å². The normalized spacial score (nSPS) is 11.2. The number of hydrogen-bond donors (Lipinski definition) is 1. The topological polar surface area (TPSA) is 38.0 Å². The fraction of sp³-hybridized carbons (Fsp3) is 0.133. The van der Waals surface area contributed by atoms with Gasteiger partial charge in [0, 0.05) is 16.0 Å². The summed E-state index contributed by atoms with van der Waals surface area (Å²) in [6.07, 6.45) is 0. The third-order valence-electron chi connectivity index (χ3n) is 3.23. The fourth-order valence-corrected chi connectivity index (χ4v) is 2.84. The summed E-state index contributed by atoms with van der Waals surface area (Å²) in [5, 5.41) is 10.6. The molecule has 3 nitrogen and oxygen atoms in total. The molecule has 0 aliphatic heterocycles. The molecule has 1 aromatic heterocycles. The second kappa shape index (κ2) is 5.11. The van der Waals surface area contributed by atoms with Crippen LogP contribution in [0.4, 0.5) is 0 Å². The highest BCUT2D eigenvalue weighted by Crippen LogP contribution is 2.33. The Balaban J connectivity index is 2.30. The Bertz CT molecular complexity index is 798. The molecule has 0 amide bonds. The molecule has 102 valence electrons. The van der Waals surface area contributed by atoms with Crippen LogP contribution >= 0.6 is 27.5 Å². The van der Waals surface area contributed by atoms with Gasteiger partial charge in [0.05, 0.1) is 16.6 Å². The van der Waals surface area contributed by atoms with Gasteiger partial charge in [-0.1, -0.05) is 27.5 Å². The number of halogens is 2. The fourth-order valence-electron chi connectivity index (χ4n) is 2.32. The Hall–Kier alpha value is -1.52. The number of aryl methyl sites for hydroxylation is 1. The highest BCUT2D eigenvalue weighted by molar-refractivity contribution is 9.10. The lowest BCUT2D eigenvalue weighted by Crippen LogP contribution is -1.97. The quantitative estimate of drug-likeness (QED) is 0.717. The summed E-state index contributed by atoms with van der Waals surface area (Å²) in [7, 11) is 0. The summed E-state index contributed by atoms with van der Waals surface area (Å²) in [4.78, 5) is 4.63. The molecule has 0 spiro atoms. The van der Waals surface area contributed by atoms with E-state index in [2.05, 4.69) is 32.4 Å². The predicted molar refractivity (Wildman–Crippen MR) is 85.2 cm³/mol. The molecule has 0 aliphatic carbocycles. The van der Waals surface area contributed by atoms with Crippen molar-refractivity contribution in [1.29, 1.82) is 0 Å². The van der Waals surface area contributed by atoms with E-state index < -0.39 is 0 Å². The molecule has 1 heterocycles. The molecular formula is C15H12BrClN2O. The first-order valence-corrected chi connectivity index (χ1v) is 7.42. The minimum absolute atomic E-state index is 0.140. The van der Waals surface area contributed by atoms with Crippen molar-refractivity contribution >= 4 is 38.6 Å². The number of aromatic hydroxyl groups is 1. The summed E-state index contributed by atoms with van der Waals surface area (Å²) in [6, 6.07) is 11.1. The molecule has 1 N–H and O–H groups in total. The van der Waals surface area contributed by atoms with Crippen molar-refractivity contribution in [3.8, 4) is 17.1 Å². The average Bonchev–Trinajstić information content (AvgIpc) is 2.75. The number of nitrogens with zero attached hydrogens (tertiary/aromatic N) is 2. The standard InChI is InChI=1S/C15H12BrClN2O/c1-2-19-13-6-3-9(16)7-12(13)18-15(19)11-5-4-10(17)8-14(11)20/h3-8,20H,2H2,1H3. The van der Waals surface area contributed by atoms with Crippen molar-refractivity contribution in [2.75, 3.05) is 0 Å². The van der Waals surface area contributed by atoms with E-state index in [1.807, 2.05) is 18.2 Å². The highest BCUT2D eigenvalue weighted by atomic mass is 79.9. The van der Waals surface area contributed by atoms with Gasteiger partial charge >= 0.3 is 0 Å². The minimum Gasteiger partial charge on any atom is -0.507 e. The zero-order valence-corrected chi connectivity index (χ0v) is 13.1. The molecule has 0 atom stereocenters. The Labute approximate surface area is 130 Å². The van der Waals surface area contributed by atoms with Crippen molar-refractivity contribution in [3.63, 3.8) is 0 Å². The van der Waals surface area contributed by atoms with E-state index in [0.29, 0.717) is 10.6 Å². The van der Waals surface area contributed by atoms with Crippen LogP contribution in [0.3, 0.4) is 0 Å². The second-order valence-electron chi connectivity index (χ2n) is 4.47. The van der Waals surface area contributed by atoms with Crippen LogP contribution in [-0.2, 0) is 6.54 Å². The first kappa shape index (κ1) is 13.5. The van der Waals surface area contributed by atoms with Gasteiger partial charge in [0.15, 0.2) is 0 Å². The summed E-state index contributed by atoms with van der Waals surface area (Å²) < 4.78 is 3.06. The maximum atomic E-state index is 10.1. The van der Waals surface area contributed by atoms with Crippen LogP contribution < -0.4 is 0 Å². The Morgan fingerprint density at radius 1 is 1.25 bits per heavy atom. The van der Waals surface area contributed by atoms with Crippen molar-refractivity contribution in [3.05, 3.63) is 45.9 Å². The van der Waals surface area contributed by atoms with Gasteiger partial charge in [0.2, 0.25) is 0 Å². The van der Waals surface area contributed by atoms with Crippen molar-refractivity contribution in [1.82, 2.24) is 9.55 Å². The van der Waals surface area contributed by atoms with E-state index >= 15 is 0 Å². The van der Waals surface area contributed by atoms with Crippen molar-refractivity contribution in [2.45, 2.75) is 13.5 Å². The van der Waals surface area contributed by atoms with Gasteiger partial charge in [-0.2, -0.15) is 0 Å². The molecule has 0 saturated heterocycles. The molecule has 2 aromatic carbocycles. The molecule has 3 aromatic rings. The molecule has 3 rings (SSSR count). The molecular weight excluding hydrogens is 340 g/mol. The van der Waals surface area contributed by atoms with Crippen LogP contribution in [0.1, 0.15) is 6.92 Å². The van der Waals surface area contributed by atoms with Crippen molar-refractivity contribution in [2.24, 2.45) is 0 Å². The third kappa shape index (κ3) is 2.19. The molecule has 0 radical (unpaired) electrons. The number of hydrogen-bond acceptors (Lipinski definition) is 2. The molecule has 0 saturated carbocycles. The number of benzene rings is 2. The third-order valence-corrected chi connectivity index (χ3v) is 3.96. The molecule has 0 bridgehead atoms. The smallest absolute Gasteiger partial charge is 0.144 e. The van der Waals surface area contributed by atoms with Crippen LogP contribution in [0.2, 0.25) is 5.02 Å². The average molecular weight is 352 g/mol. The van der Waals surface area contributed by atoms with E-state index in [1.54, 1.807) is 12.1 Å². The lowest BCUT2D eigenvalue weighted by molar-refractivity contribution is 0.476. The van der Waals surface area contributed by atoms with E-state index in [1.165, 1.54) is 6.07 Å². The van der Waals surface area contributed by atoms with Gasteiger partial charge in [0.1, 0.15) is 11.6 Å². The maximum absolute atomic E-state index is 10.1. The van der Waals surface area contributed by atoms with Crippen LogP contribution in [0.25, 0.3) is 22.4 Å². The summed E-state index contributed by atoms with van der Waals surface area (Å²) >= 11 is 9.34. The zero-order valence-electron chi connectivity index (χ0n) is 10.8. The zero-order chi connectivity index (χ0) is 14.3. The highest BCUT2D eigenvalue weighted by Gasteiger charge is 2.15.